The van der Waals surface area contributed by atoms with E-state index in [1.54, 1.807) is 0 Å². The van der Waals surface area contributed by atoms with Crippen LogP contribution in [0.4, 0.5) is 0 Å². The largest absolute Gasteiger partial charge is 0.298 e. The number of nitrogens with zero attached hydrogens (tertiary/aromatic N) is 1. The van der Waals surface area contributed by atoms with Gasteiger partial charge in [0.05, 0.1) is 6.54 Å². The van der Waals surface area contributed by atoms with Gasteiger partial charge in [-0.15, -0.1) is 0 Å². The molecule has 0 N–H and O–H groups in total. The Hall–Kier alpha value is -0.670. The van der Waals surface area contributed by atoms with E-state index in [0.717, 1.165) is 24.0 Å². The van der Waals surface area contributed by atoms with Crippen molar-refractivity contribution in [1.82, 2.24) is 4.90 Å². The highest BCUT2D eigenvalue weighted by molar-refractivity contribution is 9.10. The zero-order valence-electron chi connectivity index (χ0n) is 10.4. The minimum atomic E-state index is -0.131. The highest BCUT2D eigenvalue weighted by Gasteiger charge is 2.33. The fourth-order valence-electron chi connectivity index (χ4n) is 2.10. The molecule has 2 nitrogen and oxygen atoms in total. The van der Waals surface area contributed by atoms with Gasteiger partial charge in [0.2, 0.25) is 0 Å². The summed E-state index contributed by atoms with van der Waals surface area (Å²) in [5.74, 6) is 0.360. The van der Waals surface area contributed by atoms with Crippen molar-refractivity contribution >= 4 is 21.7 Å². The summed E-state index contributed by atoms with van der Waals surface area (Å²) in [6, 6.07) is 8.28. The van der Waals surface area contributed by atoms with Crippen molar-refractivity contribution in [2.24, 2.45) is 5.41 Å². The van der Waals surface area contributed by atoms with Crippen LogP contribution in [0.5, 0.6) is 0 Å². The van der Waals surface area contributed by atoms with Gasteiger partial charge in [0.1, 0.15) is 0 Å². The highest BCUT2D eigenvalue weighted by atomic mass is 79.9. The maximum Gasteiger partial charge on any atom is 0.152 e. The average Bonchev–Trinajstić information content (AvgIpc) is 2.24. The molecule has 0 saturated carbocycles. The summed E-state index contributed by atoms with van der Waals surface area (Å²) in [5.41, 5.74) is 1.13. The summed E-state index contributed by atoms with van der Waals surface area (Å²) < 4.78 is 1.10. The van der Waals surface area contributed by atoms with Gasteiger partial charge in [-0.3, -0.25) is 9.69 Å². The number of ketones is 1. The normalized spacial score (nSPS) is 20.5. The first-order valence-corrected chi connectivity index (χ1v) is 6.77. The van der Waals surface area contributed by atoms with Crippen molar-refractivity contribution in [3.8, 4) is 0 Å². The Kier molecular flexibility index (Phi) is 3.69. The smallest absolute Gasteiger partial charge is 0.152 e. The number of likely N-dealkylation sites (tertiary alicyclic amines) is 1. The van der Waals surface area contributed by atoms with Crippen LogP contribution in [0.1, 0.15) is 25.8 Å². The Morgan fingerprint density at radius 1 is 1.41 bits per heavy atom. The second kappa shape index (κ2) is 4.91. The third kappa shape index (κ3) is 3.17. The summed E-state index contributed by atoms with van der Waals surface area (Å²) in [6.07, 6.45) is 0.958. The van der Waals surface area contributed by atoms with Crippen LogP contribution in [0, 0.1) is 5.41 Å². The molecule has 1 aliphatic rings. The summed E-state index contributed by atoms with van der Waals surface area (Å²) >= 11 is 3.47. The zero-order valence-corrected chi connectivity index (χ0v) is 12.0. The molecule has 0 amide bonds. The van der Waals surface area contributed by atoms with Gasteiger partial charge in [0.15, 0.2) is 5.78 Å². The Bertz CT molecular complexity index is 428. The molecular weight excluding hydrogens is 278 g/mol. The lowest BCUT2D eigenvalue weighted by Gasteiger charge is -2.35. The van der Waals surface area contributed by atoms with Gasteiger partial charge in [-0.25, -0.2) is 0 Å². The molecule has 1 aromatic carbocycles. The summed E-state index contributed by atoms with van der Waals surface area (Å²) in [6.45, 7) is 6.55. The summed E-state index contributed by atoms with van der Waals surface area (Å²) in [5, 5.41) is 0. The Labute approximate surface area is 111 Å². The molecule has 0 aromatic heterocycles. The molecule has 2 rings (SSSR count). The van der Waals surface area contributed by atoms with Gasteiger partial charge in [-0.2, -0.15) is 0 Å². The maximum atomic E-state index is 11.9. The second-order valence-electron chi connectivity index (χ2n) is 5.40. The topological polar surface area (TPSA) is 20.3 Å². The number of benzene rings is 1. The number of halogens is 1. The van der Waals surface area contributed by atoms with Crippen molar-refractivity contribution in [1.29, 1.82) is 0 Å². The summed E-state index contributed by atoms with van der Waals surface area (Å²) in [7, 11) is 0. The standard InChI is InChI=1S/C14H18BrNO/c1-14(2)6-7-16(10-13(14)17)9-11-4-3-5-12(15)8-11/h3-5,8H,6-7,9-10H2,1-2H3. The van der Waals surface area contributed by atoms with E-state index >= 15 is 0 Å². The molecular formula is C14H18BrNO. The van der Waals surface area contributed by atoms with Crippen LogP contribution < -0.4 is 0 Å². The van der Waals surface area contributed by atoms with Gasteiger partial charge in [-0.05, 0) is 30.7 Å². The molecule has 92 valence electrons. The predicted molar refractivity (Wildman–Crippen MR) is 72.8 cm³/mol. The van der Waals surface area contributed by atoms with Gasteiger partial charge < -0.3 is 0 Å². The number of carbonyl (C=O) groups is 1. The third-order valence-corrected chi connectivity index (χ3v) is 3.96. The number of rotatable bonds is 2. The molecule has 0 bridgehead atoms. The Morgan fingerprint density at radius 2 is 2.18 bits per heavy atom. The van der Waals surface area contributed by atoms with Gasteiger partial charge in [0, 0.05) is 16.4 Å². The summed E-state index contributed by atoms with van der Waals surface area (Å²) in [4.78, 5) is 14.2. The van der Waals surface area contributed by atoms with Crippen LogP contribution in [0.15, 0.2) is 28.7 Å². The Morgan fingerprint density at radius 3 is 2.82 bits per heavy atom. The molecule has 0 spiro atoms. The molecule has 17 heavy (non-hydrogen) atoms. The van der Waals surface area contributed by atoms with Crippen molar-refractivity contribution in [2.75, 3.05) is 13.1 Å². The van der Waals surface area contributed by atoms with Crippen LogP contribution in [0.25, 0.3) is 0 Å². The van der Waals surface area contributed by atoms with E-state index in [1.807, 2.05) is 26.0 Å². The number of Topliss-reactive ketones (excluding diaryl/α,β-unsaturated/α-hetero) is 1. The second-order valence-corrected chi connectivity index (χ2v) is 6.31. The fourth-order valence-corrected chi connectivity index (χ4v) is 2.55. The van der Waals surface area contributed by atoms with Crippen LogP contribution in [0.3, 0.4) is 0 Å². The first kappa shape index (κ1) is 12.8. The van der Waals surface area contributed by atoms with Crippen molar-refractivity contribution in [2.45, 2.75) is 26.8 Å². The molecule has 1 aliphatic heterocycles. The quantitative estimate of drug-likeness (QED) is 0.835. The average molecular weight is 296 g/mol. The van der Waals surface area contributed by atoms with E-state index < -0.39 is 0 Å². The SMILES string of the molecule is CC1(C)CCN(Cc2cccc(Br)c2)CC1=O. The van der Waals surface area contributed by atoms with Crippen LogP contribution in [-0.2, 0) is 11.3 Å². The number of carbonyl (C=O) groups excluding carboxylic acids is 1. The van der Waals surface area contributed by atoms with Gasteiger partial charge in [-0.1, -0.05) is 41.9 Å². The first-order valence-electron chi connectivity index (χ1n) is 5.97. The van der Waals surface area contributed by atoms with E-state index in [2.05, 4.69) is 33.0 Å². The van der Waals surface area contributed by atoms with Crippen LogP contribution >= 0.6 is 15.9 Å². The minimum Gasteiger partial charge on any atom is -0.298 e. The Balaban J connectivity index is 2.00. The molecule has 1 aromatic rings. The molecule has 1 saturated heterocycles. The molecule has 0 radical (unpaired) electrons. The van der Waals surface area contributed by atoms with Gasteiger partial charge in [0.25, 0.3) is 0 Å². The van der Waals surface area contributed by atoms with E-state index in [0.29, 0.717) is 12.3 Å². The molecule has 0 atom stereocenters. The predicted octanol–water partition coefficient (Wildman–Crippen LogP) is 3.25. The minimum absolute atomic E-state index is 0.131. The van der Waals surface area contributed by atoms with E-state index in [4.69, 9.17) is 0 Å². The fraction of sp³-hybridized carbons (Fsp3) is 0.500. The van der Waals surface area contributed by atoms with Crippen LogP contribution in [-0.4, -0.2) is 23.8 Å². The third-order valence-electron chi connectivity index (χ3n) is 3.47. The number of piperidine rings is 1. The highest BCUT2D eigenvalue weighted by Crippen LogP contribution is 2.27. The van der Waals surface area contributed by atoms with Gasteiger partial charge >= 0.3 is 0 Å². The van der Waals surface area contributed by atoms with E-state index in [1.165, 1.54) is 5.56 Å². The number of hydrogen-bond donors (Lipinski definition) is 0. The van der Waals surface area contributed by atoms with E-state index in [-0.39, 0.29) is 5.41 Å². The molecule has 1 heterocycles. The molecule has 0 aliphatic carbocycles. The lowest BCUT2D eigenvalue weighted by Crippen LogP contribution is -2.44. The zero-order chi connectivity index (χ0) is 12.5. The molecule has 1 fully saturated rings. The monoisotopic (exact) mass is 295 g/mol. The van der Waals surface area contributed by atoms with Crippen molar-refractivity contribution in [3.63, 3.8) is 0 Å². The lowest BCUT2D eigenvalue weighted by molar-refractivity contribution is -0.132. The van der Waals surface area contributed by atoms with Crippen molar-refractivity contribution < 1.29 is 4.79 Å². The first-order chi connectivity index (χ1) is 7.97. The van der Waals surface area contributed by atoms with Crippen LogP contribution in [0.2, 0.25) is 0 Å². The van der Waals surface area contributed by atoms with E-state index in [9.17, 15) is 4.79 Å². The number of hydrogen-bond acceptors (Lipinski definition) is 2. The molecule has 0 unspecified atom stereocenters. The van der Waals surface area contributed by atoms with Crippen molar-refractivity contribution in [3.05, 3.63) is 34.3 Å². The molecule has 3 heteroatoms. The lowest BCUT2D eigenvalue weighted by atomic mass is 9.81. The maximum absolute atomic E-state index is 11.9.